The van der Waals surface area contributed by atoms with E-state index in [1.54, 1.807) is 30.3 Å². The Labute approximate surface area is 255 Å². The lowest BCUT2D eigenvalue weighted by Gasteiger charge is -2.37. The fourth-order valence-corrected chi connectivity index (χ4v) is 7.53. The molecule has 1 saturated heterocycles. The SMILES string of the molecule is CC(C)(C)C[C@H]1N[C@@H](C(=O)N[C@H]2CC[C@@](C)(OC(=O)CN)C2)[C@H](c2cccc(Cl)c2F)[C@@]12C(=O)Nc1cc(Cl)ccc12. The van der Waals surface area contributed by atoms with E-state index in [2.05, 4.69) is 36.7 Å². The third kappa shape index (κ3) is 5.41. The molecule has 2 amide bonds. The van der Waals surface area contributed by atoms with E-state index in [-0.39, 0.29) is 40.4 Å². The Morgan fingerprint density at radius 3 is 2.64 bits per heavy atom. The fraction of sp³-hybridized carbons (Fsp3) is 0.516. The summed E-state index contributed by atoms with van der Waals surface area (Å²) >= 11 is 12.6. The molecule has 5 rings (SSSR count). The summed E-state index contributed by atoms with van der Waals surface area (Å²) in [4.78, 5) is 40.3. The first-order chi connectivity index (χ1) is 19.7. The first kappa shape index (κ1) is 30.7. The summed E-state index contributed by atoms with van der Waals surface area (Å²) in [6.45, 7) is 7.77. The van der Waals surface area contributed by atoms with Crippen LogP contribution in [-0.4, -0.2) is 48.1 Å². The zero-order chi connectivity index (χ0) is 30.6. The number of anilines is 1. The number of carbonyl (C=O) groups is 3. The zero-order valence-electron chi connectivity index (χ0n) is 24.2. The van der Waals surface area contributed by atoms with Gasteiger partial charge in [-0.25, -0.2) is 4.39 Å². The fourth-order valence-electron chi connectivity index (χ4n) is 7.18. The van der Waals surface area contributed by atoms with Crippen LogP contribution >= 0.6 is 23.2 Å². The van der Waals surface area contributed by atoms with E-state index < -0.39 is 40.8 Å². The van der Waals surface area contributed by atoms with Gasteiger partial charge in [-0.2, -0.15) is 0 Å². The molecular formula is C31H37Cl2FN4O4. The summed E-state index contributed by atoms with van der Waals surface area (Å²) in [6, 6.07) is 8.05. The molecule has 1 spiro atoms. The lowest BCUT2D eigenvalue weighted by atomic mass is 9.62. The van der Waals surface area contributed by atoms with Crippen LogP contribution in [0.15, 0.2) is 36.4 Å². The Morgan fingerprint density at radius 2 is 1.95 bits per heavy atom. The van der Waals surface area contributed by atoms with Gasteiger partial charge in [-0.05, 0) is 60.9 Å². The molecule has 2 aliphatic heterocycles. The van der Waals surface area contributed by atoms with Crippen LogP contribution in [-0.2, 0) is 24.5 Å². The van der Waals surface area contributed by atoms with Crippen LogP contribution in [0.3, 0.4) is 0 Å². The minimum absolute atomic E-state index is 0.0934. The number of hydrogen-bond acceptors (Lipinski definition) is 6. The monoisotopic (exact) mass is 618 g/mol. The topological polar surface area (TPSA) is 123 Å². The number of benzene rings is 2. The molecule has 2 aromatic rings. The molecule has 2 heterocycles. The lowest BCUT2D eigenvalue weighted by Crippen LogP contribution is -2.49. The van der Waals surface area contributed by atoms with Crippen molar-refractivity contribution in [2.45, 2.75) is 88.4 Å². The normalized spacial score (nSPS) is 30.3. The summed E-state index contributed by atoms with van der Waals surface area (Å²) < 4.78 is 21.5. The lowest BCUT2D eigenvalue weighted by molar-refractivity contribution is -0.155. The van der Waals surface area contributed by atoms with E-state index >= 15 is 4.39 Å². The van der Waals surface area contributed by atoms with E-state index in [1.165, 1.54) is 6.07 Å². The number of ether oxygens (including phenoxy) is 1. The third-order valence-corrected chi connectivity index (χ3v) is 9.32. The highest BCUT2D eigenvalue weighted by Gasteiger charge is 2.66. The Morgan fingerprint density at radius 1 is 1.21 bits per heavy atom. The van der Waals surface area contributed by atoms with Gasteiger partial charge in [-0.15, -0.1) is 0 Å². The van der Waals surface area contributed by atoms with Gasteiger partial charge < -0.3 is 26.4 Å². The van der Waals surface area contributed by atoms with Crippen LogP contribution in [0.1, 0.15) is 70.4 Å². The second-order valence-corrected chi connectivity index (χ2v) is 14.0. The Balaban J connectivity index is 1.59. The van der Waals surface area contributed by atoms with E-state index in [0.717, 1.165) is 0 Å². The number of carbonyl (C=O) groups excluding carboxylic acids is 3. The number of hydrogen-bond donors (Lipinski definition) is 4. The van der Waals surface area contributed by atoms with E-state index in [4.69, 9.17) is 33.7 Å². The van der Waals surface area contributed by atoms with Crippen LogP contribution in [0.25, 0.3) is 0 Å². The molecule has 0 aromatic heterocycles. The molecule has 0 bridgehead atoms. The van der Waals surface area contributed by atoms with E-state index in [1.807, 2.05) is 6.92 Å². The highest BCUT2D eigenvalue weighted by atomic mass is 35.5. The van der Waals surface area contributed by atoms with Crippen LogP contribution in [0.4, 0.5) is 10.1 Å². The van der Waals surface area contributed by atoms with Gasteiger partial charge in [0.05, 0.1) is 17.6 Å². The molecule has 2 fully saturated rings. The van der Waals surface area contributed by atoms with Crippen molar-refractivity contribution in [1.29, 1.82) is 0 Å². The van der Waals surface area contributed by atoms with Crippen LogP contribution in [0.2, 0.25) is 10.0 Å². The molecule has 5 N–H and O–H groups in total. The number of nitrogens with two attached hydrogens (primary N) is 1. The summed E-state index contributed by atoms with van der Waals surface area (Å²) in [5.74, 6) is -2.81. The largest absolute Gasteiger partial charge is 0.458 e. The van der Waals surface area contributed by atoms with Gasteiger partial charge in [-0.1, -0.05) is 62.2 Å². The van der Waals surface area contributed by atoms with Gasteiger partial charge in [0.2, 0.25) is 11.8 Å². The van der Waals surface area contributed by atoms with Gasteiger partial charge in [-0.3, -0.25) is 14.4 Å². The average Bonchev–Trinajstić information content (AvgIpc) is 3.52. The predicted octanol–water partition coefficient (Wildman–Crippen LogP) is 4.81. The molecule has 1 aliphatic carbocycles. The van der Waals surface area contributed by atoms with Gasteiger partial charge in [0.1, 0.15) is 16.8 Å². The van der Waals surface area contributed by atoms with Crippen molar-refractivity contribution >= 4 is 46.7 Å². The number of nitrogens with one attached hydrogen (secondary N) is 3. The van der Waals surface area contributed by atoms with E-state index in [0.29, 0.717) is 42.0 Å². The summed E-state index contributed by atoms with van der Waals surface area (Å²) in [5.41, 5.74) is 4.47. The zero-order valence-corrected chi connectivity index (χ0v) is 25.7. The minimum Gasteiger partial charge on any atom is -0.458 e. The van der Waals surface area contributed by atoms with Crippen molar-refractivity contribution in [3.63, 3.8) is 0 Å². The van der Waals surface area contributed by atoms with Gasteiger partial charge in [0.25, 0.3) is 0 Å². The second-order valence-electron chi connectivity index (χ2n) is 13.2. The minimum atomic E-state index is -1.33. The van der Waals surface area contributed by atoms with Crippen molar-refractivity contribution in [1.82, 2.24) is 10.6 Å². The van der Waals surface area contributed by atoms with Crippen molar-refractivity contribution < 1.29 is 23.5 Å². The molecule has 42 heavy (non-hydrogen) atoms. The standard InChI is InChI=1S/C31H37Cl2FN4O4/c1-29(2,3)14-22-31(19-9-8-16(32)12-21(19)37-28(31)41)24(18-6-5-7-20(33)25(18)34)26(38-22)27(40)36-17-10-11-30(4,13-17)42-23(39)15-35/h5-9,12,17,22,24,26,38H,10-11,13-15,35H2,1-4H3,(H,36,40)(H,37,41)/t17-,22+,24-,26+,30+,31-/m0/s1. The highest BCUT2D eigenvalue weighted by molar-refractivity contribution is 6.31. The second kappa shape index (κ2) is 11.1. The highest BCUT2D eigenvalue weighted by Crippen LogP contribution is 2.57. The first-order valence-corrected chi connectivity index (χ1v) is 15.0. The third-order valence-electron chi connectivity index (χ3n) is 8.79. The summed E-state index contributed by atoms with van der Waals surface area (Å²) in [6.07, 6.45) is 2.07. The molecule has 0 unspecified atom stereocenters. The van der Waals surface area contributed by atoms with Crippen molar-refractivity contribution in [3.8, 4) is 0 Å². The molecule has 0 radical (unpaired) electrons. The Bertz CT molecular complexity index is 1430. The predicted molar refractivity (Wildman–Crippen MR) is 160 cm³/mol. The quantitative estimate of drug-likeness (QED) is 0.345. The van der Waals surface area contributed by atoms with Gasteiger partial charge in [0, 0.05) is 35.1 Å². The molecule has 6 atom stereocenters. The number of halogens is 3. The van der Waals surface area contributed by atoms with Crippen molar-refractivity contribution in [2.75, 3.05) is 11.9 Å². The summed E-state index contributed by atoms with van der Waals surface area (Å²) in [5, 5.41) is 9.92. The Kier molecular flexibility index (Phi) is 8.11. The van der Waals surface area contributed by atoms with Gasteiger partial charge >= 0.3 is 5.97 Å². The van der Waals surface area contributed by atoms with Crippen LogP contribution < -0.4 is 21.7 Å². The van der Waals surface area contributed by atoms with Crippen LogP contribution in [0, 0.1) is 11.2 Å². The maximum atomic E-state index is 15.9. The molecule has 1 saturated carbocycles. The van der Waals surface area contributed by atoms with Crippen LogP contribution in [0.5, 0.6) is 0 Å². The molecule has 8 nitrogen and oxygen atoms in total. The maximum Gasteiger partial charge on any atom is 0.320 e. The molecule has 226 valence electrons. The van der Waals surface area contributed by atoms with Crippen molar-refractivity contribution in [2.24, 2.45) is 11.1 Å². The number of esters is 1. The van der Waals surface area contributed by atoms with Gasteiger partial charge in [0.15, 0.2) is 0 Å². The average molecular weight is 620 g/mol. The smallest absolute Gasteiger partial charge is 0.320 e. The molecular weight excluding hydrogens is 582 g/mol. The molecule has 3 aliphatic rings. The van der Waals surface area contributed by atoms with E-state index in [9.17, 15) is 14.4 Å². The maximum absolute atomic E-state index is 15.9. The molecule has 2 aromatic carbocycles. The number of amides is 2. The molecule has 11 heteroatoms. The number of rotatable bonds is 6. The van der Waals surface area contributed by atoms with Crippen molar-refractivity contribution in [3.05, 3.63) is 63.4 Å². The first-order valence-electron chi connectivity index (χ1n) is 14.2. The Hall–Kier alpha value is -2.72. The summed E-state index contributed by atoms with van der Waals surface area (Å²) in [7, 11) is 0. The number of fused-ring (bicyclic) bond motifs is 2.